The molecule has 1 aromatic carbocycles. The number of anilines is 1. The molecule has 0 aliphatic rings. The summed E-state index contributed by atoms with van der Waals surface area (Å²) in [5, 5.41) is 11.1. The Labute approximate surface area is 101 Å². The van der Waals surface area contributed by atoms with Crippen LogP contribution in [0.25, 0.3) is 0 Å². The lowest BCUT2D eigenvalue weighted by atomic mass is 10.3. The number of carbonyl (C=O) groups excluding carboxylic acids is 1. The van der Waals surface area contributed by atoms with Crippen molar-refractivity contribution in [3.8, 4) is 0 Å². The number of amides is 1. The van der Waals surface area contributed by atoms with Gasteiger partial charge in [0.15, 0.2) is 5.76 Å². The quantitative estimate of drug-likeness (QED) is 0.875. The zero-order valence-corrected chi connectivity index (χ0v) is 9.01. The molecule has 6 heteroatoms. The van der Waals surface area contributed by atoms with E-state index in [1.54, 1.807) is 0 Å². The van der Waals surface area contributed by atoms with Gasteiger partial charge in [0.1, 0.15) is 5.82 Å². The van der Waals surface area contributed by atoms with Crippen molar-refractivity contribution >= 4 is 17.6 Å². The molecule has 1 heterocycles. The molecule has 2 N–H and O–H groups in total. The van der Waals surface area contributed by atoms with E-state index in [0.717, 1.165) is 0 Å². The van der Waals surface area contributed by atoms with Gasteiger partial charge in [0.05, 0.1) is 0 Å². The maximum atomic E-state index is 12.6. The van der Waals surface area contributed by atoms with Gasteiger partial charge in [-0.1, -0.05) is 0 Å². The second-order valence-electron chi connectivity index (χ2n) is 3.43. The molecule has 2 aromatic rings. The van der Waals surface area contributed by atoms with Gasteiger partial charge in [-0.15, -0.1) is 0 Å². The zero-order chi connectivity index (χ0) is 13.1. The summed E-state index contributed by atoms with van der Waals surface area (Å²) in [7, 11) is 0. The Bertz CT molecular complexity index is 588. The molecule has 0 bridgehead atoms. The lowest BCUT2D eigenvalue weighted by molar-refractivity contribution is 0.0660. The van der Waals surface area contributed by atoms with Crippen molar-refractivity contribution in [1.29, 1.82) is 0 Å². The van der Waals surface area contributed by atoms with Crippen LogP contribution in [0.15, 0.2) is 40.8 Å². The van der Waals surface area contributed by atoms with Gasteiger partial charge in [-0.25, -0.2) is 9.18 Å². The smallest absolute Gasteiger partial charge is 0.371 e. The number of halogens is 1. The van der Waals surface area contributed by atoms with Gasteiger partial charge in [0.25, 0.3) is 5.91 Å². The van der Waals surface area contributed by atoms with Gasteiger partial charge in [-0.3, -0.25) is 4.79 Å². The minimum atomic E-state index is -1.25. The number of nitrogens with one attached hydrogen (secondary N) is 1. The van der Waals surface area contributed by atoms with E-state index in [4.69, 9.17) is 9.52 Å². The first kappa shape index (κ1) is 11.8. The van der Waals surface area contributed by atoms with Gasteiger partial charge in [0, 0.05) is 5.69 Å². The van der Waals surface area contributed by atoms with Crippen LogP contribution in [0.1, 0.15) is 21.1 Å². The van der Waals surface area contributed by atoms with Crippen LogP contribution in [-0.4, -0.2) is 17.0 Å². The first-order valence-electron chi connectivity index (χ1n) is 4.96. The fraction of sp³-hybridized carbons (Fsp3) is 0. The van der Waals surface area contributed by atoms with Crippen LogP contribution >= 0.6 is 0 Å². The van der Waals surface area contributed by atoms with E-state index < -0.39 is 17.7 Å². The van der Waals surface area contributed by atoms with Crippen LogP contribution < -0.4 is 5.32 Å². The molecular weight excluding hydrogens is 241 g/mol. The molecule has 0 saturated heterocycles. The van der Waals surface area contributed by atoms with E-state index in [1.165, 1.54) is 36.4 Å². The van der Waals surface area contributed by atoms with E-state index in [0.29, 0.717) is 5.69 Å². The number of furan rings is 1. The highest BCUT2D eigenvalue weighted by Gasteiger charge is 2.14. The second kappa shape index (κ2) is 4.70. The first-order chi connectivity index (χ1) is 8.56. The van der Waals surface area contributed by atoms with E-state index in [1.807, 2.05) is 0 Å². The highest BCUT2D eigenvalue weighted by Crippen LogP contribution is 2.12. The topological polar surface area (TPSA) is 79.5 Å². The van der Waals surface area contributed by atoms with Crippen molar-refractivity contribution in [3.05, 3.63) is 53.7 Å². The van der Waals surface area contributed by atoms with E-state index in [-0.39, 0.29) is 11.5 Å². The zero-order valence-electron chi connectivity index (χ0n) is 9.01. The predicted molar refractivity (Wildman–Crippen MR) is 60.0 cm³/mol. The standard InChI is InChI=1S/C12H8FNO4/c13-7-1-3-8(4-2-7)14-11(15)9-5-6-10(18-9)12(16)17/h1-6H,(H,14,15)(H,16,17). The number of carboxylic acid groups (broad SMARTS) is 1. The summed E-state index contributed by atoms with van der Waals surface area (Å²) < 4.78 is 17.5. The number of rotatable bonds is 3. The molecule has 0 fully saturated rings. The fourth-order valence-electron chi connectivity index (χ4n) is 1.30. The third-order valence-corrected chi connectivity index (χ3v) is 2.14. The Kier molecular flexibility index (Phi) is 3.09. The van der Waals surface area contributed by atoms with Gasteiger partial charge in [-0.05, 0) is 36.4 Å². The summed E-state index contributed by atoms with van der Waals surface area (Å²) in [6.07, 6.45) is 0. The maximum Gasteiger partial charge on any atom is 0.371 e. The van der Waals surface area contributed by atoms with E-state index in [2.05, 4.69) is 5.32 Å². The maximum absolute atomic E-state index is 12.6. The number of carboxylic acids is 1. The van der Waals surface area contributed by atoms with Crippen molar-refractivity contribution in [2.45, 2.75) is 0 Å². The molecule has 18 heavy (non-hydrogen) atoms. The van der Waals surface area contributed by atoms with Gasteiger partial charge < -0.3 is 14.8 Å². The average Bonchev–Trinajstić information content (AvgIpc) is 2.81. The minimum Gasteiger partial charge on any atom is -0.475 e. The fourth-order valence-corrected chi connectivity index (χ4v) is 1.30. The average molecular weight is 249 g/mol. The number of benzene rings is 1. The Morgan fingerprint density at radius 1 is 1.06 bits per heavy atom. The first-order valence-corrected chi connectivity index (χ1v) is 4.96. The van der Waals surface area contributed by atoms with Crippen LogP contribution in [0, 0.1) is 5.82 Å². The van der Waals surface area contributed by atoms with Crippen molar-refractivity contribution in [3.63, 3.8) is 0 Å². The van der Waals surface area contributed by atoms with Crippen molar-refractivity contribution in [1.82, 2.24) is 0 Å². The lowest BCUT2D eigenvalue weighted by Crippen LogP contribution is -2.10. The SMILES string of the molecule is O=C(O)c1ccc(C(=O)Nc2ccc(F)cc2)o1. The summed E-state index contributed by atoms with van der Waals surface area (Å²) in [6.45, 7) is 0. The van der Waals surface area contributed by atoms with Crippen molar-refractivity contribution in [2.24, 2.45) is 0 Å². The molecule has 0 aliphatic heterocycles. The van der Waals surface area contributed by atoms with Crippen LogP contribution in [0.2, 0.25) is 0 Å². The van der Waals surface area contributed by atoms with Crippen LogP contribution in [0.3, 0.4) is 0 Å². The largest absolute Gasteiger partial charge is 0.475 e. The molecule has 0 aliphatic carbocycles. The van der Waals surface area contributed by atoms with Crippen molar-refractivity contribution in [2.75, 3.05) is 5.32 Å². The summed E-state index contributed by atoms with van der Waals surface area (Å²) in [5.41, 5.74) is 0.384. The van der Waals surface area contributed by atoms with Crippen LogP contribution in [0.5, 0.6) is 0 Å². The van der Waals surface area contributed by atoms with Gasteiger partial charge >= 0.3 is 5.97 Å². The second-order valence-corrected chi connectivity index (χ2v) is 3.43. The molecule has 5 nitrogen and oxygen atoms in total. The van der Waals surface area contributed by atoms with E-state index in [9.17, 15) is 14.0 Å². The molecule has 0 radical (unpaired) electrons. The molecule has 0 unspecified atom stereocenters. The third kappa shape index (κ3) is 2.54. The Morgan fingerprint density at radius 2 is 1.67 bits per heavy atom. The number of aromatic carboxylic acids is 1. The molecule has 1 aromatic heterocycles. The highest BCUT2D eigenvalue weighted by molar-refractivity contribution is 6.02. The molecular formula is C12H8FNO4. The Morgan fingerprint density at radius 3 is 2.22 bits per heavy atom. The number of carbonyl (C=O) groups is 2. The number of hydrogen-bond acceptors (Lipinski definition) is 3. The normalized spacial score (nSPS) is 10.1. The summed E-state index contributed by atoms with van der Waals surface area (Å²) in [5.74, 6) is -2.72. The molecule has 0 spiro atoms. The molecule has 1 amide bonds. The Hall–Kier alpha value is -2.63. The third-order valence-electron chi connectivity index (χ3n) is 2.14. The minimum absolute atomic E-state index is 0.128. The lowest BCUT2D eigenvalue weighted by Gasteiger charge is -2.02. The highest BCUT2D eigenvalue weighted by atomic mass is 19.1. The monoisotopic (exact) mass is 249 g/mol. The van der Waals surface area contributed by atoms with Crippen LogP contribution in [-0.2, 0) is 0 Å². The number of hydrogen-bond donors (Lipinski definition) is 2. The summed E-state index contributed by atoms with van der Waals surface area (Å²) >= 11 is 0. The van der Waals surface area contributed by atoms with Gasteiger partial charge in [-0.2, -0.15) is 0 Å². The molecule has 0 atom stereocenters. The van der Waals surface area contributed by atoms with E-state index >= 15 is 0 Å². The molecule has 2 rings (SSSR count). The summed E-state index contributed by atoms with van der Waals surface area (Å²) in [4.78, 5) is 22.2. The molecule has 92 valence electrons. The summed E-state index contributed by atoms with van der Waals surface area (Å²) in [6, 6.07) is 7.59. The van der Waals surface area contributed by atoms with Crippen LogP contribution in [0.4, 0.5) is 10.1 Å². The molecule has 0 saturated carbocycles. The van der Waals surface area contributed by atoms with Crippen molar-refractivity contribution < 1.29 is 23.5 Å². The predicted octanol–water partition coefficient (Wildman–Crippen LogP) is 2.37. The van der Waals surface area contributed by atoms with Gasteiger partial charge in [0.2, 0.25) is 5.76 Å². The Balaban J connectivity index is 2.11.